The van der Waals surface area contributed by atoms with Crippen molar-refractivity contribution in [2.45, 2.75) is 20.4 Å². The SMILES string of the molecule is CC(=O)c1ccc(CNC(=O)Nc2ccccc2F)nc1C. The van der Waals surface area contributed by atoms with Gasteiger partial charge in [0.1, 0.15) is 5.82 Å². The summed E-state index contributed by atoms with van der Waals surface area (Å²) in [6.45, 7) is 3.39. The zero-order valence-electron chi connectivity index (χ0n) is 12.3. The van der Waals surface area contributed by atoms with Crippen LogP contribution in [0, 0.1) is 12.7 Å². The lowest BCUT2D eigenvalue weighted by atomic mass is 10.1. The molecule has 0 aliphatic rings. The average Bonchev–Trinajstić information content (AvgIpc) is 2.47. The third-order valence-electron chi connectivity index (χ3n) is 3.07. The molecular weight excluding hydrogens is 285 g/mol. The minimum Gasteiger partial charge on any atom is -0.332 e. The molecule has 2 aromatic rings. The van der Waals surface area contributed by atoms with Crippen LogP contribution in [0.4, 0.5) is 14.9 Å². The largest absolute Gasteiger partial charge is 0.332 e. The van der Waals surface area contributed by atoms with Crippen molar-refractivity contribution in [3.8, 4) is 0 Å². The molecule has 0 unspecified atom stereocenters. The number of para-hydroxylation sites is 1. The molecule has 2 rings (SSSR count). The van der Waals surface area contributed by atoms with Gasteiger partial charge in [-0.3, -0.25) is 9.78 Å². The fourth-order valence-electron chi connectivity index (χ4n) is 1.98. The number of carbonyl (C=O) groups excluding carboxylic acids is 2. The lowest BCUT2D eigenvalue weighted by Gasteiger charge is -2.09. The molecule has 1 aromatic carbocycles. The summed E-state index contributed by atoms with van der Waals surface area (Å²) in [4.78, 5) is 27.3. The predicted octanol–water partition coefficient (Wildman–Crippen LogP) is 3.05. The Hall–Kier alpha value is -2.76. The van der Waals surface area contributed by atoms with Crippen LogP contribution in [0.2, 0.25) is 0 Å². The number of benzene rings is 1. The van der Waals surface area contributed by atoms with Gasteiger partial charge < -0.3 is 10.6 Å². The van der Waals surface area contributed by atoms with Crippen molar-refractivity contribution in [3.05, 3.63) is 59.2 Å². The number of urea groups is 1. The van der Waals surface area contributed by atoms with Crippen molar-refractivity contribution in [2.75, 3.05) is 5.32 Å². The van der Waals surface area contributed by atoms with E-state index in [1.807, 2.05) is 0 Å². The summed E-state index contributed by atoms with van der Waals surface area (Å²) in [7, 11) is 0. The standard InChI is InChI=1S/C16H16FN3O2/c1-10-13(11(2)21)8-7-12(19-10)9-18-16(22)20-15-6-4-3-5-14(15)17/h3-8H,9H2,1-2H3,(H2,18,20,22). The van der Waals surface area contributed by atoms with E-state index in [1.54, 1.807) is 31.2 Å². The van der Waals surface area contributed by atoms with Crippen molar-refractivity contribution in [1.82, 2.24) is 10.3 Å². The molecule has 0 atom stereocenters. The molecule has 0 saturated carbocycles. The normalized spacial score (nSPS) is 10.1. The Kier molecular flexibility index (Phi) is 4.83. The summed E-state index contributed by atoms with van der Waals surface area (Å²) in [5.41, 5.74) is 1.89. The van der Waals surface area contributed by atoms with Crippen molar-refractivity contribution in [2.24, 2.45) is 0 Å². The van der Waals surface area contributed by atoms with Crippen LogP contribution < -0.4 is 10.6 Å². The van der Waals surface area contributed by atoms with Crippen LogP contribution in [0.3, 0.4) is 0 Å². The minimum atomic E-state index is -0.528. The first-order chi connectivity index (χ1) is 10.5. The Labute approximate surface area is 127 Å². The molecule has 0 aliphatic heterocycles. The molecule has 22 heavy (non-hydrogen) atoms. The Bertz CT molecular complexity index is 716. The van der Waals surface area contributed by atoms with Crippen LogP contribution in [-0.4, -0.2) is 16.8 Å². The fraction of sp³-hybridized carbons (Fsp3) is 0.188. The molecule has 0 spiro atoms. The number of rotatable bonds is 4. The van der Waals surface area contributed by atoms with Crippen molar-refractivity contribution in [1.29, 1.82) is 0 Å². The molecule has 0 radical (unpaired) electrons. The maximum absolute atomic E-state index is 13.4. The Balaban J connectivity index is 1.95. The number of anilines is 1. The summed E-state index contributed by atoms with van der Waals surface area (Å²) in [5.74, 6) is -0.556. The third kappa shape index (κ3) is 3.88. The number of aryl methyl sites for hydroxylation is 1. The topological polar surface area (TPSA) is 71.1 Å². The summed E-state index contributed by atoms with van der Waals surface area (Å²) in [5, 5.41) is 5.00. The molecule has 0 saturated heterocycles. The second-order valence-corrected chi connectivity index (χ2v) is 4.78. The molecule has 2 N–H and O–H groups in total. The second kappa shape index (κ2) is 6.80. The summed E-state index contributed by atoms with van der Waals surface area (Å²) in [6.07, 6.45) is 0. The first-order valence-electron chi connectivity index (χ1n) is 6.74. The Morgan fingerprint density at radius 3 is 2.55 bits per heavy atom. The van der Waals surface area contributed by atoms with Gasteiger partial charge in [0.05, 0.1) is 17.9 Å². The summed E-state index contributed by atoms with van der Waals surface area (Å²) >= 11 is 0. The summed E-state index contributed by atoms with van der Waals surface area (Å²) in [6, 6.07) is 8.73. The van der Waals surface area contributed by atoms with E-state index in [0.717, 1.165) is 0 Å². The van der Waals surface area contributed by atoms with Gasteiger partial charge in [-0.1, -0.05) is 12.1 Å². The number of pyridine rings is 1. The van der Waals surface area contributed by atoms with Gasteiger partial charge >= 0.3 is 6.03 Å². The number of carbonyl (C=O) groups is 2. The third-order valence-corrected chi connectivity index (χ3v) is 3.07. The fourth-order valence-corrected chi connectivity index (χ4v) is 1.98. The van der Waals surface area contributed by atoms with Crippen molar-refractivity contribution in [3.63, 3.8) is 0 Å². The van der Waals surface area contributed by atoms with Gasteiger partial charge in [0.25, 0.3) is 0 Å². The zero-order valence-corrected chi connectivity index (χ0v) is 12.3. The average molecular weight is 301 g/mol. The number of nitrogens with one attached hydrogen (secondary N) is 2. The second-order valence-electron chi connectivity index (χ2n) is 4.78. The van der Waals surface area contributed by atoms with E-state index < -0.39 is 11.8 Å². The van der Waals surface area contributed by atoms with E-state index in [1.165, 1.54) is 19.1 Å². The number of nitrogens with zero attached hydrogens (tertiary/aromatic N) is 1. The van der Waals surface area contributed by atoms with Gasteiger partial charge in [0, 0.05) is 11.3 Å². The van der Waals surface area contributed by atoms with Gasteiger partial charge in [0.15, 0.2) is 5.78 Å². The number of hydrogen-bond acceptors (Lipinski definition) is 3. The highest BCUT2D eigenvalue weighted by Crippen LogP contribution is 2.12. The molecule has 0 fully saturated rings. The molecule has 1 aromatic heterocycles. The number of halogens is 1. The first-order valence-corrected chi connectivity index (χ1v) is 6.74. The molecule has 1 heterocycles. The van der Waals surface area contributed by atoms with Crippen molar-refractivity contribution < 1.29 is 14.0 Å². The lowest BCUT2D eigenvalue weighted by molar-refractivity contribution is 0.101. The maximum atomic E-state index is 13.4. The van der Waals surface area contributed by atoms with Crippen LogP contribution in [0.5, 0.6) is 0 Å². The van der Waals surface area contributed by atoms with Gasteiger partial charge in [-0.25, -0.2) is 9.18 Å². The quantitative estimate of drug-likeness (QED) is 0.853. The van der Waals surface area contributed by atoms with Crippen LogP contribution in [0.15, 0.2) is 36.4 Å². The molecule has 114 valence electrons. The monoisotopic (exact) mass is 301 g/mol. The van der Waals surface area contributed by atoms with E-state index in [-0.39, 0.29) is 18.0 Å². The molecule has 0 bridgehead atoms. The minimum absolute atomic E-state index is 0.0539. The highest BCUT2D eigenvalue weighted by atomic mass is 19.1. The summed E-state index contributed by atoms with van der Waals surface area (Å²) < 4.78 is 13.4. The number of amides is 2. The van der Waals surface area contributed by atoms with Crippen LogP contribution in [-0.2, 0) is 6.54 Å². The van der Waals surface area contributed by atoms with Crippen LogP contribution in [0.1, 0.15) is 28.7 Å². The highest BCUT2D eigenvalue weighted by molar-refractivity contribution is 5.95. The zero-order chi connectivity index (χ0) is 16.1. The van der Waals surface area contributed by atoms with Gasteiger partial charge in [-0.15, -0.1) is 0 Å². The van der Waals surface area contributed by atoms with Crippen LogP contribution in [0.25, 0.3) is 0 Å². The first kappa shape index (κ1) is 15.6. The smallest absolute Gasteiger partial charge is 0.319 e. The van der Waals surface area contributed by atoms with Crippen molar-refractivity contribution >= 4 is 17.5 Å². The van der Waals surface area contributed by atoms with Crippen LogP contribution >= 0.6 is 0 Å². The maximum Gasteiger partial charge on any atom is 0.319 e. The highest BCUT2D eigenvalue weighted by Gasteiger charge is 2.08. The molecule has 6 heteroatoms. The molecule has 2 amide bonds. The van der Waals surface area contributed by atoms with E-state index in [2.05, 4.69) is 15.6 Å². The van der Waals surface area contributed by atoms with Gasteiger partial charge in [-0.05, 0) is 38.1 Å². The Morgan fingerprint density at radius 2 is 1.91 bits per heavy atom. The molecular formula is C16H16FN3O2. The van der Waals surface area contributed by atoms with E-state index >= 15 is 0 Å². The van der Waals surface area contributed by atoms with E-state index in [4.69, 9.17) is 0 Å². The van der Waals surface area contributed by atoms with E-state index in [0.29, 0.717) is 17.0 Å². The van der Waals surface area contributed by atoms with Gasteiger partial charge in [0.2, 0.25) is 0 Å². The number of Topliss-reactive ketones (excluding diaryl/α,β-unsaturated/α-hetero) is 1. The van der Waals surface area contributed by atoms with Gasteiger partial charge in [-0.2, -0.15) is 0 Å². The Morgan fingerprint density at radius 1 is 1.18 bits per heavy atom. The number of hydrogen-bond donors (Lipinski definition) is 2. The molecule has 0 aliphatic carbocycles. The number of aromatic nitrogens is 1. The number of ketones is 1. The van der Waals surface area contributed by atoms with E-state index in [9.17, 15) is 14.0 Å². The predicted molar refractivity (Wildman–Crippen MR) is 81.2 cm³/mol. The molecule has 5 nitrogen and oxygen atoms in total. The lowest BCUT2D eigenvalue weighted by Crippen LogP contribution is -2.29.